The van der Waals surface area contributed by atoms with Crippen LogP contribution in [0.4, 0.5) is 0 Å². The molecule has 0 aromatic carbocycles. The number of aliphatic carboxylic acids is 1. The summed E-state index contributed by atoms with van der Waals surface area (Å²) >= 11 is 0. The molecule has 0 unspecified atom stereocenters. The summed E-state index contributed by atoms with van der Waals surface area (Å²) in [6.07, 6.45) is 0. The van der Waals surface area contributed by atoms with E-state index in [4.69, 9.17) is 5.11 Å². The van der Waals surface area contributed by atoms with Crippen LogP contribution in [0, 0.1) is 0 Å². The molecule has 0 radical (unpaired) electrons. The van der Waals surface area contributed by atoms with Crippen LogP contribution in [0.25, 0.3) is 0 Å². The van der Waals surface area contributed by atoms with Gasteiger partial charge in [-0.05, 0) is 20.8 Å². The maximum atomic E-state index is 11.4. The van der Waals surface area contributed by atoms with Gasteiger partial charge >= 0.3 is 5.97 Å². The van der Waals surface area contributed by atoms with Crippen molar-refractivity contribution in [3.8, 4) is 0 Å². The zero-order chi connectivity index (χ0) is 13.9. The summed E-state index contributed by atoms with van der Waals surface area (Å²) in [7, 11) is -2.77. The quantitative estimate of drug-likeness (QED) is 0.681. The van der Waals surface area contributed by atoms with Crippen molar-refractivity contribution in [1.82, 2.24) is 9.62 Å². The standard InChI is InChI=1S/C9H18N2O5S/c1-9(2,3)10-7(12)5-11(4)17(15,16)6-8(13)14/h5-6H2,1-4H3,(H,10,12)(H,13,14). The monoisotopic (exact) mass is 266 g/mol. The highest BCUT2D eigenvalue weighted by Gasteiger charge is 2.24. The lowest BCUT2D eigenvalue weighted by molar-refractivity contribution is -0.134. The first-order chi connectivity index (χ1) is 7.44. The molecule has 0 saturated carbocycles. The lowest BCUT2D eigenvalue weighted by Crippen LogP contribution is -2.47. The highest BCUT2D eigenvalue weighted by Crippen LogP contribution is 2.01. The summed E-state index contributed by atoms with van der Waals surface area (Å²) in [5.74, 6) is -2.95. The second-order valence-electron chi connectivity index (χ2n) is 4.70. The molecule has 2 N–H and O–H groups in total. The van der Waals surface area contributed by atoms with E-state index in [2.05, 4.69) is 5.32 Å². The molecule has 0 spiro atoms. The molecule has 17 heavy (non-hydrogen) atoms. The van der Waals surface area contributed by atoms with Crippen LogP contribution < -0.4 is 5.32 Å². The molecule has 0 saturated heterocycles. The highest BCUT2D eigenvalue weighted by molar-refractivity contribution is 7.89. The van der Waals surface area contributed by atoms with Crippen molar-refractivity contribution in [2.45, 2.75) is 26.3 Å². The molecule has 0 aromatic rings. The van der Waals surface area contributed by atoms with Crippen molar-refractivity contribution in [3.05, 3.63) is 0 Å². The normalized spacial score (nSPS) is 12.5. The number of likely N-dealkylation sites (N-methyl/N-ethyl adjacent to an activating group) is 1. The first-order valence-corrected chi connectivity index (χ1v) is 6.52. The van der Waals surface area contributed by atoms with Gasteiger partial charge in [0.15, 0.2) is 5.75 Å². The molecule has 100 valence electrons. The van der Waals surface area contributed by atoms with Crippen LogP contribution in [-0.2, 0) is 19.6 Å². The van der Waals surface area contributed by atoms with Crippen molar-refractivity contribution in [1.29, 1.82) is 0 Å². The maximum Gasteiger partial charge on any atom is 0.320 e. The van der Waals surface area contributed by atoms with E-state index in [1.54, 1.807) is 20.8 Å². The van der Waals surface area contributed by atoms with Crippen molar-refractivity contribution in [2.75, 3.05) is 19.3 Å². The predicted octanol–water partition coefficient (Wildman–Crippen LogP) is -0.753. The van der Waals surface area contributed by atoms with Crippen LogP contribution in [0.3, 0.4) is 0 Å². The smallest absolute Gasteiger partial charge is 0.320 e. The third-order valence-corrected chi connectivity index (χ3v) is 3.35. The number of amides is 1. The lowest BCUT2D eigenvalue weighted by Gasteiger charge is -2.22. The SMILES string of the molecule is CN(CC(=O)NC(C)(C)C)S(=O)(=O)CC(=O)O. The molecular formula is C9H18N2O5S. The highest BCUT2D eigenvalue weighted by atomic mass is 32.2. The van der Waals surface area contributed by atoms with Crippen LogP contribution in [0.2, 0.25) is 0 Å². The number of carboxylic acid groups (broad SMARTS) is 1. The van der Waals surface area contributed by atoms with Gasteiger partial charge in [0.1, 0.15) is 0 Å². The van der Waals surface area contributed by atoms with Gasteiger partial charge in [-0.15, -0.1) is 0 Å². The number of carbonyl (C=O) groups is 2. The Labute approximate surface area is 101 Å². The maximum absolute atomic E-state index is 11.4. The minimum atomic E-state index is -3.94. The summed E-state index contributed by atoms with van der Waals surface area (Å²) in [4.78, 5) is 21.8. The predicted molar refractivity (Wildman–Crippen MR) is 61.9 cm³/mol. The van der Waals surface area contributed by atoms with Gasteiger partial charge in [0.25, 0.3) is 0 Å². The molecule has 1 amide bonds. The fourth-order valence-electron chi connectivity index (χ4n) is 1.02. The van der Waals surface area contributed by atoms with E-state index in [9.17, 15) is 18.0 Å². The Balaban J connectivity index is 4.50. The van der Waals surface area contributed by atoms with E-state index in [0.717, 1.165) is 4.31 Å². The van der Waals surface area contributed by atoms with Crippen molar-refractivity contribution < 1.29 is 23.1 Å². The molecule has 0 aliphatic heterocycles. The molecule has 0 aliphatic carbocycles. The van der Waals surface area contributed by atoms with Gasteiger partial charge in [0.2, 0.25) is 15.9 Å². The summed E-state index contributed by atoms with van der Waals surface area (Å²) in [6, 6.07) is 0. The molecular weight excluding hydrogens is 248 g/mol. The van der Waals surface area contributed by atoms with Gasteiger partial charge in [0.05, 0.1) is 6.54 Å². The van der Waals surface area contributed by atoms with Crippen molar-refractivity contribution in [3.63, 3.8) is 0 Å². The van der Waals surface area contributed by atoms with Gasteiger partial charge in [-0.1, -0.05) is 0 Å². The van der Waals surface area contributed by atoms with E-state index in [1.165, 1.54) is 7.05 Å². The molecule has 0 aromatic heterocycles. The van der Waals surface area contributed by atoms with Crippen molar-refractivity contribution >= 4 is 21.9 Å². The van der Waals surface area contributed by atoms with Crippen LogP contribution in [0.5, 0.6) is 0 Å². The summed E-state index contributed by atoms with van der Waals surface area (Å²) < 4.78 is 23.5. The Kier molecular flexibility index (Phi) is 5.09. The number of hydrogen-bond donors (Lipinski definition) is 2. The molecule has 0 atom stereocenters. The van der Waals surface area contributed by atoms with Gasteiger partial charge in [-0.25, -0.2) is 8.42 Å². The third-order valence-electron chi connectivity index (χ3n) is 1.66. The van der Waals surface area contributed by atoms with E-state index in [1.807, 2.05) is 0 Å². The van der Waals surface area contributed by atoms with Gasteiger partial charge in [-0.3, -0.25) is 9.59 Å². The summed E-state index contributed by atoms with van der Waals surface area (Å²) in [5, 5.41) is 11.0. The van der Waals surface area contributed by atoms with Gasteiger partial charge in [-0.2, -0.15) is 4.31 Å². The number of hydrogen-bond acceptors (Lipinski definition) is 4. The molecule has 0 aliphatic rings. The first kappa shape index (κ1) is 15.9. The average Bonchev–Trinajstić information content (AvgIpc) is 1.96. The van der Waals surface area contributed by atoms with E-state index >= 15 is 0 Å². The minimum absolute atomic E-state index is 0.396. The third kappa shape index (κ3) is 6.90. The molecule has 0 bridgehead atoms. The number of carboxylic acids is 1. The molecule has 0 heterocycles. The fourth-order valence-corrected chi connectivity index (χ4v) is 1.87. The molecule has 0 fully saturated rings. The number of carbonyl (C=O) groups excluding carboxylic acids is 1. The van der Waals surface area contributed by atoms with Crippen LogP contribution in [0.1, 0.15) is 20.8 Å². The number of rotatable bonds is 5. The van der Waals surface area contributed by atoms with Crippen LogP contribution >= 0.6 is 0 Å². The van der Waals surface area contributed by atoms with Crippen LogP contribution in [0.15, 0.2) is 0 Å². The van der Waals surface area contributed by atoms with E-state index in [-0.39, 0.29) is 0 Å². The molecule has 7 nitrogen and oxygen atoms in total. The summed E-state index contributed by atoms with van der Waals surface area (Å²) in [6.45, 7) is 4.89. The Morgan fingerprint density at radius 1 is 1.29 bits per heavy atom. The lowest BCUT2D eigenvalue weighted by atomic mass is 10.1. The summed E-state index contributed by atoms with van der Waals surface area (Å²) in [5.41, 5.74) is -0.464. The average molecular weight is 266 g/mol. The fraction of sp³-hybridized carbons (Fsp3) is 0.778. The van der Waals surface area contributed by atoms with E-state index < -0.39 is 39.7 Å². The largest absolute Gasteiger partial charge is 0.480 e. The Morgan fingerprint density at radius 2 is 1.76 bits per heavy atom. The topological polar surface area (TPSA) is 104 Å². The first-order valence-electron chi connectivity index (χ1n) is 4.91. The Morgan fingerprint density at radius 3 is 2.12 bits per heavy atom. The Bertz CT molecular complexity index is 396. The number of nitrogens with zero attached hydrogens (tertiary/aromatic N) is 1. The zero-order valence-electron chi connectivity index (χ0n) is 10.3. The molecule has 8 heteroatoms. The van der Waals surface area contributed by atoms with Crippen LogP contribution in [-0.4, -0.2) is 54.6 Å². The minimum Gasteiger partial charge on any atom is -0.480 e. The van der Waals surface area contributed by atoms with Gasteiger partial charge in [0, 0.05) is 12.6 Å². The number of nitrogens with one attached hydrogen (secondary N) is 1. The second kappa shape index (κ2) is 5.46. The van der Waals surface area contributed by atoms with Crippen molar-refractivity contribution in [2.24, 2.45) is 0 Å². The zero-order valence-corrected chi connectivity index (χ0v) is 11.2. The van der Waals surface area contributed by atoms with E-state index in [0.29, 0.717) is 0 Å². The number of sulfonamides is 1. The Hall–Kier alpha value is -1.15. The molecule has 0 rings (SSSR count). The van der Waals surface area contributed by atoms with Gasteiger partial charge < -0.3 is 10.4 Å². The second-order valence-corrected chi connectivity index (χ2v) is 6.78.